The minimum Gasteiger partial charge on any atom is -0.443 e. The summed E-state index contributed by atoms with van der Waals surface area (Å²) < 4.78 is 32.8. The highest BCUT2D eigenvalue weighted by Crippen LogP contribution is 2.28. The first-order chi connectivity index (χ1) is 9.38. The Morgan fingerprint density at radius 3 is 2.85 bits per heavy atom. The van der Waals surface area contributed by atoms with Crippen LogP contribution in [0, 0.1) is 0 Å². The van der Waals surface area contributed by atoms with Gasteiger partial charge in [-0.1, -0.05) is 0 Å². The van der Waals surface area contributed by atoms with Gasteiger partial charge in [0.25, 0.3) is 15.0 Å². The third-order valence-corrected chi connectivity index (χ3v) is 5.10. The second-order valence-electron chi connectivity index (χ2n) is 4.37. The molecule has 6 nitrogen and oxygen atoms in total. The highest BCUT2D eigenvalue weighted by atomic mass is 79.9. The zero-order valence-corrected chi connectivity index (χ0v) is 13.6. The minimum atomic E-state index is -3.95. The summed E-state index contributed by atoms with van der Waals surface area (Å²) in [5, 5.41) is 2.65. The molecule has 1 N–H and O–H groups in total. The minimum absolute atomic E-state index is 0.0863. The van der Waals surface area contributed by atoms with Gasteiger partial charge in [-0.15, -0.1) is 0 Å². The molecular formula is C11H13BrClNO5S. The molecule has 1 aromatic heterocycles. The van der Waals surface area contributed by atoms with Crippen LogP contribution in [0.1, 0.15) is 29.8 Å². The Balaban J connectivity index is 1.92. The molecule has 2 heterocycles. The van der Waals surface area contributed by atoms with Crippen molar-refractivity contribution < 1.29 is 22.4 Å². The molecule has 1 fully saturated rings. The van der Waals surface area contributed by atoms with Gasteiger partial charge < -0.3 is 14.5 Å². The van der Waals surface area contributed by atoms with Crippen LogP contribution >= 0.6 is 26.6 Å². The highest BCUT2D eigenvalue weighted by molar-refractivity contribution is 9.10. The molecule has 112 valence electrons. The fraction of sp³-hybridized carbons (Fsp3) is 0.545. The second kappa shape index (κ2) is 6.46. The molecule has 0 bridgehead atoms. The van der Waals surface area contributed by atoms with Crippen molar-refractivity contribution in [2.45, 2.75) is 30.3 Å². The molecule has 1 atom stereocenters. The standard InChI is InChI=1S/C11H13BrClNO5S/c12-10-9(20(13,16)17)6-8(19-10)11(15)14-4-3-7-2-1-5-18-7/h6-7H,1-5H2,(H,14,15). The predicted molar refractivity (Wildman–Crippen MR) is 75.4 cm³/mol. The van der Waals surface area contributed by atoms with Gasteiger partial charge in [0.15, 0.2) is 10.4 Å². The zero-order chi connectivity index (χ0) is 14.8. The first-order valence-corrected chi connectivity index (χ1v) is 9.12. The normalized spacial score (nSPS) is 19.2. The molecular weight excluding hydrogens is 374 g/mol. The average molecular weight is 387 g/mol. The molecule has 1 aliphatic heterocycles. The summed E-state index contributed by atoms with van der Waals surface area (Å²) in [4.78, 5) is 11.5. The highest BCUT2D eigenvalue weighted by Gasteiger charge is 2.23. The summed E-state index contributed by atoms with van der Waals surface area (Å²) >= 11 is 2.91. The molecule has 0 saturated carbocycles. The van der Waals surface area contributed by atoms with Crippen molar-refractivity contribution in [2.75, 3.05) is 13.2 Å². The third-order valence-electron chi connectivity index (χ3n) is 2.92. The van der Waals surface area contributed by atoms with E-state index in [1.165, 1.54) is 0 Å². The van der Waals surface area contributed by atoms with Crippen molar-refractivity contribution in [2.24, 2.45) is 0 Å². The number of hydrogen-bond acceptors (Lipinski definition) is 5. The summed E-state index contributed by atoms with van der Waals surface area (Å²) in [5.74, 6) is -0.598. The van der Waals surface area contributed by atoms with Gasteiger partial charge >= 0.3 is 0 Å². The van der Waals surface area contributed by atoms with E-state index in [-0.39, 0.29) is 21.4 Å². The van der Waals surface area contributed by atoms with E-state index < -0.39 is 15.0 Å². The molecule has 0 radical (unpaired) electrons. The number of amides is 1. The van der Waals surface area contributed by atoms with Gasteiger partial charge in [-0.3, -0.25) is 4.79 Å². The molecule has 0 spiro atoms. The lowest BCUT2D eigenvalue weighted by Gasteiger charge is -2.08. The average Bonchev–Trinajstić information content (AvgIpc) is 2.97. The van der Waals surface area contributed by atoms with E-state index in [2.05, 4.69) is 21.2 Å². The predicted octanol–water partition coefficient (Wildman–Crippen LogP) is 2.27. The summed E-state index contributed by atoms with van der Waals surface area (Å²) in [7, 11) is 1.26. The van der Waals surface area contributed by atoms with Gasteiger partial charge in [-0.2, -0.15) is 0 Å². The third kappa shape index (κ3) is 3.97. The lowest BCUT2D eigenvalue weighted by molar-refractivity contribution is 0.0883. The van der Waals surface area contributed by atoms with E-state index in [0.29, 0.717) is 13.0 Å². The fourth-order valence-electron chi connectivity index (χ4n) is 1.94. The van der Waals surface area contributed by atoms with Crippen LogP contribution in [-0.4, -0.2) is 33.6 Å². The molecule has 1 saturated heterocycles. The van der Waals surface area contributed by atoms with Crippen molar-refractivity contribution in [1.82, 2.24) is 5.32 Å². The molecule has 2 rings (SSSR count). The number of rotatable bonds is 5. The number of halogens is 2. The maximum Gasteiger partial charge on any atom is 0.287 e. The Hall–Kier alpha value is -0.570. The van der Waals surface area contributed by atoms with Gasteiger partial charge in [0.2, 0.25) is 0 Å². The molecule has 1 amide bonds. The van der Waals surface area contributed by atoms with Crippen LogP contribution in [0.3, 0.4) is 0 Å². The number of ether oxygens (including phenoxy) is 1. The van der Waals surface area contributed by atoms with Crippen LogP contribution in [0.25, 0.3) is 0 Å². The zero-order valence-electron chi connectivity index (χ0n) is 10.4. The largest absolute Gasteiger partial charge is 0.443 e. The van der Waals surface area contributed by atoms with Gasteiger partial charge in [0, 0.05) is 29.9 Å². The van der Waals surface area contributed by atoms with E-state index in [4.69, 9.17) is 19.8 Å². The van der Waals surface area contributed by atoms with Crippen molar-refractivity contribution >= 4 is 41.6 Å². The van der Waals surface area contributed by atoms with Gasteiger partial charge in [0.05, 0.1) is 6.10 Å². The van der Waals surface area contributed by atoms with E-state index in [1.54, 1.807) is 0 Å². The maximum absolute atomic E-state index is 11.8. The summed E-state index contributed by atoms with van der Waals surface area (Å²) in [6.07, 6.45) is 2.93. The van der Waals surface area contributed by atoms with E-state index >= 15 is 0 Å². The Morgan fingerprint density at radius 1 is 1.55 bits per heavy atom. The topological polar surface area (TPSA) is 85.6 Å². The summed E-state index contributed by atoms with van der Waals surface area (Å²) in [6.45, 7) is 1.20. The first-order valence-electron chi connectivity index (χ1n) is 6.01. The van der Waals surface area contributed by atoms with Crippen LogP contribution in [0.4, 0.5) is 0 Å². The lowest BCUT2D eigenvalue weighted by atomic mass is 10.2. The summed E-state index contributed by atoms with van der Waals surface area (Å²) in [5.41, 5.74) is 0. The first kappa shape index (κ1) is 15.8. The Kier molecular flexibility index (Phi) is 5.11. The van der Waals surface area contributed by atoms with Crippen molar-refractivity contribution in [3.05, 3.63) is 16.5 Å². The van der Waals surface area contributed by atoms with E-state index in [9.17, 15) is 13.2 Å². The van der Waals surface area contributed by atoms with Gasteiger partial charge in [-0.25, -0.2) is 8.42 Å². The van der Waals surface area contributed by atoms with Gasteiger partial charge in [0.1, 0.15) is 4.90 Å². The fourth-order valence-corrected chi connectivity index (χ4v) is 3.97. The molecule has 1 aliphatic rings. The number of carbonyl (C=O) groups is 1. The number of carbonyl (C=O) groups excluding carboxylic acids is 1. The maximum atomic E-state index is 11.8. The Bertz CT molecular complexity index is 594. The van der Waals surface area contributed by atoms with Crippen molar-refractivity contribution in [1.29, 1.82) is 0 Å². The second-order valence-corrected chi connectivity index (χ2v) is 7.62. The van der Waals surface area contributed by atoms with Crippen molar-refractivity contribution in [3.63, 3.8) is 0 Å². The van der Waals surface area contributed by atoms with Crippen LogP contribution in [0.15, 0.2) is 20.0 Å². The number of furan rings is 1. The molecule has 9 heteroatoms. The lowest BCUT2D eigenvalue weighted by Crippen LogP contribution is -2.26. The van der Waals surface area contributed by atoms with E-state index in [1.807, 2.05) is 0 Å². The Morgan fingerprint density at radius 2 is 2.30 bits per heavy atom. The molecule has 0 aromatic carbocycles. The molecule has 1 aromatic rings. The number of nitrogens with one attached hydrogen (secondary N) is 1. The Labute approximate surface area is 129 Å². The van der Waals surface area contributed by atoms with Crippen LogP contribution in [0.2, 0.25) is 0 Å². The molecule has 1 unspecified atom stereocenters. The quantitative estimate of drug-likeness (QED) is 0.785. The van der Waals surface area contributed by atoms with Crippen LogP contribution in [0.5, 0.6) is 0 Å². The SMILES string of the molecule is O=C(NCCC1CCCO1)c1cc(S(=O)(=O)Cl)c(Br)o1. The molecule has 20 heavy (non-hydrogen) atoms. The number of hydrogen-bond donors (Lipinski definition) is 1. The van der Waals surface area contributed by atoms with Crippen LogP contribution in [-0.2, 0) is 13.8 Å². The van der Waals surface area contributed by atoms with Gasteiger partial charge in [-0.05, 0) is 35.2 Å². The molecule has 0 aliphatic carbocycles. The van der Waals surface area contributed by atoms with E-state index in [0.717, 1.165) is 25.5 Å². The smallest absolute Gasteiger partial charge is 0.287 e. The monoisotopic (exact) mass is 385 g/mol. The summed E-state index contributed by atoms with van der Waals surface area (Å²) in [6, 6.07) is 1.09. The van der Waals surface area contributed by atoms with Crippen molar-refractivity contribution in [3.8, 4) is 0 Å². The van der Waals surface area contributed by atoms with Crippen LogP contribution < -0.4 is 5.32 Å².